The molecule has 21 heavy (non-hydrogen) atoms. The van der Waals surface area contributed by atoms with E-state index in [4.69, 9.17) is 5.73 Å². The second-order valence-corrected chi connectivity index (χ2v) is 6.32. The quantitative estimate of drug-likeness (QED) is 0.714. The Morgan fingerprint density at radius 1 is 1.00 bits per heavy atom. The SMILES string of the molecule is CCc1ccc(CC)c(C(N)c2csc3ccccc23)c1. The number of aryl methyl sites for hydroxylation is 2. The highest BCUT2D eigenvalue weighted by Gasteiger charge is 2.16. The first-order valence-corrected chi connectivity index (χ1v) is 8.46. The minimum absolute atomic E-state index is 0.0393. The van der Waals surface area contributed by atoms with Gasteiger partial charge in [-0.2, -0.15) is 0 Å². The summed E-state index contributed by atoms with van der Waals surface area (Å²) in [6.07, 6.45) is 2.07. The van der Waals surface area contributed by atoms with Gasteiger partial charge in [0.2, 0.25) is 0 Å². The highest BCUT2D eigenvalue weighted by molar-refractivity contribution is 7.17. The van der Waals surface area contributed by atoms with Gasteiger partial charge in [0.25, 0.3) is 0 Å². The van der Waals surface area contributed by atoms with Crippen molar-refractivity contribution in [3.63, 3.8) is 0 Å². The van der Waals surface area contributed by atoms with Gasteiger partial charge < -0.3 is 5.73 Å². The summed E-state index contributed by atoms with van der Waals surface area (Å²) in [5.74, 6) is 0. The average molecular weight is 295 g/mol. The lowest BCUT2D eigenvalue weighted by atomic mass is 9.91. The van der Waals surface area contributed by atoms with Crippen LogP contribution in [-0.4, -0.2) is 0 Å². The average Bonchev–Trinajstić information content (AvgIpc) is 2.97. The Labute approximate surface area is 130 Å². The standard InChI is InChI=1S/C19H21NS/c1-3-13-9-10-14(4-2)16(11-13)19(20)17-12-21-18-8-6-5-7-15(17)18/h5-12,19H,3-4,20H2,1-2H3. The largest absolute Gasteiger partial charge is 0.320 e. The van der Waals surface area contributed by atoms with E-state index in [1.165, 1.54) is 32.3 Å². The summed E-state index contributed by atoms with van der Waals surface area (Å²) in [6.45, 7) is 4.39. The summed E-state index contributed by atoms with van der Waals surface area (Å²) in [5, 5.41) is 3.51. The summed E-state index contributed by atoms with van der Waals surface area (Å²) >= 11 is 1.78. The molecule has 1 heterocycles. The van der Waals surface area contributed by atoms with Crippen LogP contribution in [0.3, 0.4) is 0 Å². The van der Waals surface area contributed by atoms with Crippen LogP contribution in [0, 0.1) is 0 Å². The molecule has 0 fully saturated rings. The zero-order chi connectivity index (χ0) is 14.8. The van der Waals surface area contributed by atoms with Gasteiger partial charge in [0.1, 0.15) is 0 Å². The third-order valence-corrected chi connectivity index (χ3v) is 5.16. The summed E-state index contributed by atoms with van der Waals surface area (Å²) in [6, 6.07) is 15.2. The van der Waals surface area contributed by atoms with Crippen molar-refractivity contribution in [1.29, 1.82) is 0 Å². The van der Waals surface area contributed by atoms with Crippen molar-refractivity contribution < 1.29 is 0 Å². The molecule has 0 radical (unpaired) electrons. The van der Waals surface area contributed by atoms with Crippen LogP contribution >= 0.6 is 11.3 Å². The number of thiophene rings is 1. The molecule has 1 unspecified atom stereocenters. The van der Waals surface area contributed by atoms with Crippen LogP contribution in [0.2, 0.25) is 0 Å². The van der Waals surface area contributed by atoms with Crippen molar-refractivity contribution in [2.45, 2.75) is 32.7 Å². The van der Waals surface area contributed by atoms with Gasteiger partial charge in [-0.15, -0.1) is 11.3 Å². The first kappa shape index (κ1) is 14.3. The van der Waals surface area contributed by atoms with Gasteiger partial charge >= 0.3 is 0 Å². The van der Waals surface area contributed by atoms with Crippen LogP contribution in [0.25, 0.3) is 10.1 Å². The van der Waals surface area contributed by atoms with Gasteiger partial charge in [-0.05, 0) is 51.9 Å². The van der Waals surface area contributed by atoms with E-state index in [1.54, 1.807) is 11.3 Å². The number of fused-ring (bicyclic) bond motifs is 1. The van der Waals surface area contributed by atoms with E-state index in [0.717, 1.165) is 12.8 Å². The molecule has 1 nitrogen and oxygen atoms in total. The summed E-state index contributed by atoms with van der Waals surface area (Å²) in [5.41, 5.74) is 11.9. The summed E-state index contributed by atoms with van der Waals surface area (Å²) < 4.78 is 1.31. The first-order valence-electron chi connectivity index (χ1n) is 7.58. The Kier molecular flexibility index (Phi) is 4.09. The number of benzene rings is 2. The Hall–Kier alpha value is -1.64. The fraction of sp³-hybridized carbons (Fsp3) is 0.263. The van der Waals surface area contributed by atoms with E-state index in [1.807, 2.05) is 0 Å². The zero-order valence-corrected chi connectivity index (χ0v) is 13.4. The minimum atomic E-state index is -0.0393. The molecule has 2 heteroatoms. The lowest BCUT2D eigenvalue weighted by Gasteiger charge is -2.17. The second-order valence-electron chi connectivity index (χ2n) is 5.41. The molecule has 1 atom stereocenters. The molecular formula is C19H21NS. The molecule has 0 saturated carbocycles. The fourth-order valence-electron chi connectivity index (χ4n) is 2.88. The van der Waals surface area contributed by atoms with Crippen LogP contribution < -0.4 is 5.73 Å². The lowest BCUT2D eigenvalue weighted by Crippen LogP contribution is -2.14. The molecular weight excluding hydrogens is 274 g/mol. The molecule has 0 aliphatic carbocycles. The second kappa shape index (κ2) is 6.00. The number of nitrogens with two attached hydrogens (primary N) is 1. The summed E-state index contributed by atoms with van der Waals surface area (Å²) in [7, 11) is 0. The maximum absolute atomic E-state index is 6.63. The molecule has 3 aromatic rings. The Bertz CT molecular complexity index is 757. The molecule has 0 bridgehead atoms. The normalized spacial score (nSPS) is 12.7. The Balaban J connectivity index is 2.11. The van der Waals surface area contributed by atoms with Crippen molar-refractivity contribution in [3.8, 4) is 0 Å². The van der Waals surface area contributed by atoms with Crippen LogP contribution in [0.15, 0.2) is 47.8 Å². The van der Waals surface area contributed by atoms with Crippen molar-refractivity contribution in [1.82, 2.24) is 0 Å². The maximum atomic E-state index is 6.63. The molecule has 0 saturated heterocycles. The van der Waals surface area contributed by atoms with E-state index < -0.39 is 0 Å². The molecule has 0 aliphatic heterocycles. The minimum Gasteiger partial charge on any atom is -0.320 e. The highest BCUT2D eigenvalue weighted by atomic mass is 32.1. The van der Waals surface area contributed by atoms with E-state index in [-0.39, 0.29) is 6.04 Å². The van der Waals surface area contributed by atoms with Crippen molar-refractivity contribution in [3.05, 3.63) is 70.1 Å². The molecule has 2 N–H and O–H groups in total. The van der Waals surface area contributed by atoms with Crippen LogP contribution in [-0.2, 0) is 12.8 Å². The smallest absolute Gasteiger partial charge is 0.0568 e. The van der Waals surface area contributed by atoms with Crippen molar-refractivity contribution in [2.75, 3.05) is 0 Å². The van der Waals surface area contributed by atoms with E-state index >= 15 is 0 Å². The third kappa shape index (κ3) is 2.61. The van der Waals surface area contributed by atoms with E-state index in [2.05, 4.69) is 61.7 Å². The van der Waals surface area contributed by atoms with E-state index in [9.17, 15) is 0 Å². The van der Waals surface area contributed by atoms with Gasteiger partial charge in [0, 0.05) is 4.70 Å². The van der Waals surface area contributed by atoms with Gasteiger partial charge in [0.05, 0.1) is 6.04 Å². The van der Waals surface area contributed by atoms with Gasteiger partial charge in [-0.1, -0.05) is 50.2 Å². The Morgan fingerprint density at radius 3 is 2.57 bits per heavy atom. The molecule has 108 valence electrons. The molecule has 0 amide bonds. The topological polar surface area (TPSA) is 26.0 Å². The van der Waals surface area contributed by atoms with Crippen molar-refractivity contribution in [2.24, 2.45) is 5.73 Å². The lowest BCUT2D eigenvalue weighted by molar-refractivity contribution is 0.856. The molecule has 3 rings (SSSR count). The van der Waals surface area contributed by atoms with Crippen LogP contribution in [0.1, 0.15) is 42.1 Å². The van der Waals surface area contributed by atoms with Crippen LogP contribution in [0.4, 0.5) is 0 Å². The van der Waals surface area contributed by atoms with Gasteiger partial charge in [-0.3, -0.25) is 0 Å². The van der Waals surface area contributed by atoms with E-state index in [0.29, 0.717) is 0 Å². The zero-order valence-electron chi connectivity index (χ0n) is 12.6. The number of rotatable bonds is 4. The predicted molar refractivity (Wildman–Crippen MR) is 93.1 cm³/mol. The maximum Gasteiger partial charge on any atom is 0.0568 e. The predicted octanol–water partition coefficient (Wildman–Crippen LogP) is 5.07. The van der Waals surface area contributed by atoms with Gasteiger partial charge in [0.15, 0.2) is 0 Å². The highest BCUT2D eigenvalue weighted by Crippen LogP contribution is 2.33. The third-order valence-electron chi connectivity index (χ3n) is 4.18. The van der Waals surface area contributed by atoms with Crippen molar-refractivity contribution >= 4 is 21.4 Å². The number of hydrogen-bond acceptors (Lipinski definition) is 2. The van der Waals surface area contributed by atoms with Gasteiger partial charge in [-0.25, -0.2) is 0 Å². The molecule has 0 spiro atoms. The summed E-state index contributed by atoms with van der Waals surface area (Å²) in [4.78, 5) is 0. The van der Waals surface area contributed by atoms with Crippen LogP contribution in [0.5, 0.6) is 0 Å². The molecule has 0 aliphatic rings. The molecule has 1 aromatic heterocycles. The Morgan fingerprint density at radius 2 is 1.81 bits per heavy atom. The monoisotopic (exact) mass is 295 g/mol. The number of hydrogen-bond donors (Lipinski definition) is 1. The first-order chi connectivity index (χ1) is 10.2. The fourth-order valence-corrected chi connectivity index (χ4v) is 3.88. The molecule has 2 aromatic carbocycles.